The van der Waals surface area contributed by atoms with Crippen LogP contribution in [-0.2, 0) is 4.74 Å². The minimum atomic E-state index is -2.59. The molecule has 0 bridgehead atoms. The molecule has 0 radical (unpaired) electrons. The minimum absolute atomic E-state index is 0.166. The molecular weight excluding hydrogens is 330 g/mol. The lowest BCUT2D eigenvalue weighted by Gasteiger charge is -2.32. The van der Waals surface area contributed by atoms with E-state index in [0.29, 0.717) is 5.69 Å². The Kier molecular flexibility index (Phi) is 4.30. The van der Waals surface area contributed by atoms with Crippen molar-refractivity contribution in [2.45, 2.75) is 45.1 Å². The third-order valence-electron chi connectivity index (χ3n) is 3.98. The number of carbonyl (C=O) groups excluding carboxylic acids is 1. The number of hydrogen-bond donors (Lipinski definition) is 1. The Morgan fingerprint density at radius 2 is 2.00 bits per heavy atom. The second kappa shape index (κ2) is 6.16. The Morgan fingerprint density at radius 1 is 1.32 bits per heavy atom. The smallest absolute Gasteiger partial charge is 0.412 e. The Bertz CT molecular complexity index is 773. The van der Waals surface area contributed by atoms with E-state index in [4.69, 9.17) is 4.74 Å². The van der Waals surface area contributed by atoms with Crippen LogP contribution in [0.3, 0.4) is 0 Å². The fourth-order valence-electron chi connectivity index (χ4n) is 2.79. The lowest BCUT2D eigenvalue weighted by Crippen LogP contribution is -2.39. The molecule has 0 saturated carbocycles. The first-order chi connectivity index (χ1) is 11.6. The van der Waals surface area contributed by atoms with E-state index in [1.165, 1.54) is 0 Å². The summed E-state index contributed by atoms with van der Waals surface area (Å²) in [7, 11) is 0. The lowest BCUT2D eigenvalue weighted by molar-refractivity contribution is -0.0220. The van der Waals surface area contributed by atoms with Crippen LogP contribution >= 0.6 is 0 Å². The number of nitrogens with zero attached hydrogens (tertiary/aromatic N) is 3. The number of amides is 1. The lowest BCUT2D eigenvalue weighted by atomic mass is 10.1. The summed E-state index contributed by atoms with van der Waals surface area (Å²) in [6.07, 6.45) is 2.50. The molecule has 0 unspecified atom stereocenters. The fraction of sp³-hybridized carbons (Fsp3) is 0.529. The van der Waals surface area contributed by atoms with Gasteiger partial charge in [0.15, 0.2) is 0 Å². The third-order valence-corrected chi connectivity index (χ3v) is 3.98. The molecule has 1 aliphatic rings. The number of carbonyl (C=O) groups is 1. The fourth-order valence-corrected chi connectivity index (χ4v) is 2.79. The number of hydrogen-bond acceptors (Lipinski definition) is 4. The van der Waals surface area contributed by atoms with Crippen molar-refractivity contribution in [3.63, 3.8) is 0 Å². The zero-order valence-electron chi connectivity index (χ0n) is 14.6. The normalized spacial score (nSPS) is 17.6. The number of fused-ring (bicyclic) bond motifs is 1. The molecule has 0 aromatic carbocycles. The first-order valence-corrected chi connectivity index (χ1v) is 8.23. The van der Waals surface area contributed by atoms with Crippen LogP contribution in [0.5, 0.6) is 0 Å². The predicted octanol–water partition coefficient (Wildman–Crippen LogP) is 3.92. The van der Waals surface area contributed by atoms with E-state index in [2.05, 4.69) is 10.4 Å². The average Bonchev–Trinajstić information content (AvgIpc) is 2.88. The van der Waals surface area contributed by atoms with Gasteiger partial charge in [0, 0.05) is 37.8 Å². The second-order valence-electron chi connectivity index (χ2n) is 7.24. The molecule has 0 atom stereocenters. The minimum Gasteiger partial charge on any atom is -0.444 e. The zero-order valence-corrected chi connectivity index (χ0v) is 14.6. The molecule has 1 fully saturated rings. The van der Waals surface area contributed by atoms with Crippen LogP contribution in [0, 0.1) is 0 Å². The first-order valence-electron chi connectivity index (χ1n) is 8.23. The Morgan fingerprint density at radius 3 is 2.64 bits per heavy atom. The van der Waals surface area contributed by atoms with Crippen molar-refractivity contribution in [1.82, 2.24) is 9.61 Å². The van der Waals surface area contributed by atoms with E-state index in [-0.39, 0.29) is 25.9 Å². The molecule has 1 N–H and O–H groups in total. The number of pyridine rings is 1. The number of nitrogens with one attached hydrogen (secondary N) is 1. The molecule has 136 valence electrons. The molecule has 6 nitrogen and oxygen atoms in total. The summed E-state index contributed by atoms with van der Waals surface area (Å²) in [5.41, 5.74) is 1.50. The molecule has 1 saturated heterocycles. The molecule has 25 heavy (non-hydrogen) atoms. The van der Waals surface area contributed by atoms with Gasteiger partial charge in [-0.25, -0.2) is 18.1 Å². The van der Waals surface area contributed by atoms with Gasteiger partial charge in [-0.15, -0.1) is 0 Å². The number of ether oxygens (including phenoxy) is 1. The Hall–Kier alpha value is -2.38. The summed E-state index contributed by atoms with van der Waals surface area (Å²) < 4.78 is 33.6. The highest BCUT2D eigenvalue weighted by Crippen LogP contribution is 2.32. The highest BCUT2D eigenvalue weighted by Gasteiger charge is 2.34. The highest BCUT2D eigenvalue weighted by atomic mass is 19.3. The maximum Gasteiger partial charge on any atom is 0.412 e. The Balaban J connectivity index is 1.79. The molecule has 0 spiro atoms. The largest absolute Gasteiger partial charge is 0.444 e. The van der Waals surface area contributed by atoms with Crippen LogP contribution in [0.1, 0.15) is 33.6 Å². The summed E-state index contributed by atoms with van der Waals surface area (Å²) in [5.74, 6) is -2.59. The van der Waals surface area contributed by atoms with Gasteiger partial charge >= 0.3 is 6.09 Å². The molecule has 8 heteroatoms. The third kappa shape index (κ3) is 4.18. The second-order valence-corrected chi connectivity index (χ2v) is 7.24. The molecule has 1 amide bonds. The van der Waals surface area contributed by atoms with Crippen LogP contribution < -0.4 is 10.2 Å². The van der Waals surface area contributed by atoms with Gasteiger partial charge in [0.1, 0.15) is 5.60 Å². The van der Waals surface area contributed by atoms with Gasteiger partial charge in [-0.3, -0.25) is 5.32 Å². The topological polar surface area (TPSA) is 58.9 Å². The predicted molar refractivity (Wildman–Crippen MR) is 91.4 cm³/mol. The van der Waals surface area contributed by atoms with Crippen molar-refractivity contribution in [2.24, 2.45) is 0 Å². The molecule has 3 heterocycles. The molecule has 2 aromatic heterocycles. The van der Waals surface area contributed by atoms with E-state index in [1.54, 1.807) is 49.8 Å². The van der Waals surface area contributed by atoms with Crippen LogP contribution in [0.15, 0.2) is 24.5 Å². The summed E-state index contributed by atoms with van der Waals surface area (Å²) >= 11 is 0. The van der Waals surface area contributed by atoms with E-state index in [0.717, 1.165) is 11.2 Å². The maximum atomic E-state index is 13.4. The molecule has 2 aromatic rings. The van der Waals surface area contributed by atoms with Crippen molar-refractivity contribution in [2.75, 3.05) is 23.3 Å². The maximum absolute atomic E-state index is 13.4. The summed E-state index contributed by atoms with van der Waals surface area (Å²) in [4.78, 5) is 13.8. The van der Waals surface area contributed by atoms with Crippen LogP contribution in [0.2, 0.25) is 0 Å². The zero-order chi connectivity index (χ0) is 18.2. The van der Waals surface area contributed by atoms with E-state index in [1.807, 2.05) is 4.90 Å². The monoisotopic (exact) mass is 352 g/mol. The van der Waals surface area contributed by atoms with Gasteiger partial charge in [0.2, 0.25) is 0 Å². The highest BCUT2D eigenvalue weighted by molar-refractivity contribution is 5.87. The number of halogens is 2. The van der Waals surface area contributed by atoms with E-state index < -0.39 is 17.6 Å². The quantitative estimate of drug-likeness (QED) is 0.890. The van der Waals surface area contributed by atoms with Crippen molar-refractivity contribution in [3.05, 3.63) is 24.5 Å². The van der Waals surface area contributed by atoms with Gasteiger partial charge < -0.3 is 9.64 Å². The average molecular weight is 352 g/mol. The summed E-state index contributed by atoms with van der Waals surface area (Å²) in [5, 5.41) is 6.94. The standard InChI is InChI=1S/C17H22F2N4O2/c1-16(2,3)25-15(24)21-12-4-7-23-13(10-12)14(11-20-23)22-8-5-17(18,19)6-9-22/h4,7,10-11H,5-6,8-9H2,1-3H3,(H,21,24). The molecule has 1 aliphatic heterocycles. The number of anilines is 2. The van der Waals surface area contributed by atoms with Crippen molar-refractivity contribution >= 4 is 23.0 Å². The van der Waals surface area contributed by atoms with Crippen molar-refractivity contribution in [3.8, 4) is 0 Å². The molecule has 0 aliphatic carbocycles. The van der Waals surface area contributed by atoms with E-state index in [9.17, 15) is 13.6 Å². The first kappa shape index (κ1) is 17.4. The molecular formula is C17H22F2N4O2. The van der Waals surface area contributed by atoms with Crippen molar-refractivity contribution in [1.29, 1.82) is 0 Å². The number of rotatable bonds is 2. The van der Waals surface area contributed by atoms with Gasteiger partial charge in [0.25, 0.3) is 5.92 Å². The van der Waals surface area contributed by atoms with Gasteiger partial charge in [-0.1, -0.05) is 0 Å². The SMILES string of the molecule is CC(C)(C)OC(=O)Nc1ccn2ncc(N3CCC(F)(F)CC3)c2c1. The van der Waals surface area contributed by atoms with Crippen LogP contribution in [-0.4, -0.2) is 40.3 Å². The van der Waals surface area contributed by atoms with E-state index >= 15 is 0 Å². The number of piperidine rings is 1. The van der Waals surface area contributed by atoms with Gasteiger partial charge in [-0.2, -0.15) is 5.10 Å². The van der Waals surface area contributed by atoms with Crippen LogP contribution in [0.4, 0.5) is 25.0 Å². The number of alkyl halides is 2. The Labute approximate surface area is 144 Å². The van der Waals surface area contributed by atoms with Gasteiger partial charge in [0.05, 0.1) is 17.4 Å². The summed E-state index contributed by atoms with van der Waals surface area (Å²) in [6.45, 7) is 5.92. The van der Waals surface area contributed by atoms with Gasteiger partial charge in [-0.05, 0) is 32.9 Å². The van der Waals surface area contributed by atoms with Crippen LogP contribution in [0.25, 0.3) is 5.52 Å². The van der Waals surface area contributed by atoms with Crippen molar-refractivity contribution < 1.29 is 18.3 Å². The summed E-state index contributed by atoms with van der Waals surface area (Å²) in [6, 6.07) is 3.47. The molecule has 3 rings (SSSR count). The number of aromatic nitrogens is 2.